The Morgan fingerprint density at radius 1 is 1.47 bits per heavy atom. The van der Waals surface area contributed by atoms with Crippen LogP contribution in [0.5, 0.6) is 0 Å². The van der Waals surface area contributed by atoms with E-state index in [1.165, 1.54) is 6.92 Å². The van der Waals surface area contributed by atoms with E-state index in [-0.39, 0.29) is 11.3 Å². The summed E-state index contributed by atoms with van der Waals surface area (Å²) < 4.78 is 40.8. The summed E-state index contributed by atoms with van der Waals surface area (Å²) in [5.74, 6) is -0.693. The second-order valence-corrected chi connectivity index (χ2v) is 4.63. The lowest BCUT2D eigenvalue weighted by atomic mass is 10.1. The Kier molecular flexibility index (Phi) is 5.24. The van der Waals surface area contributed by atoms with Crippen LogP contribution in [0.2, 0.25) is 0 Å². The molecule has 5 nitrogen and oxygen atoms in total. The number of aliphatic hydroxyl groups is 1. The maximum Gasteiger partial charge on any atom is 0.416 e. The van der Waals surface area contributed by atoms with Gasteiger partial charge in [-0.3, -0.25) is 4.79 Å². The van der Waals surface area contributed by atoms with Crippen molar-refractivity contribution in [2.24, 2.45) is 0 Å². The van der Waals surface area contributed by atoms with Crippen molar-refractivity contribution in [3.05, 3.63) is 10.6 Å². The molecule has 0 bridgehead atoms. The second-order valence-electron chi connectivity index (χ2n) is 3.88. The highest BCUT2D eigenvalue weighted by atomic mass is 32.1. The molecule has 1 amide bonds. The number of carbonyl (C=O) groups is 1. The number of hydrogen-bond acceptors (Lipinski definition) is 5. The minimum Gasteiger partial charge on any atom is -0.382 e. The zero-order valence-corrected chi connectivity index (χ0v) is 11.2. The summed E-state index contributed by atoms with van der Waals surface area (Å²) in [5.41, 5.74) is 0.429. The number of nitrogens with zero attached hydrogens (tertiary/aromatic N) is 2. The monoisotopic (exact) mass is 297 g/mol. The van der Waals surface area contributed by atoms with Crippen LogP contribution in [0.3, 0.4) is 0 Å². The second kappa shape index (κ2) is 6.29. The van der Waals surface area contributed by atoms with E-state index >= 15 is 0 Å². The van der Waals surface area contributed by atoms with E-state index in [1.807, 2.05) is 0 Å². The maximum atomic E-state index is 12.4. The van der Waals surface area contributed by atoms with Crippen molar-refractivity contribution in [3.63, 3.8) is 0 Å². The Balaban J connectivity index is 2.79. The number of halogens is 3. The number of amides is 1. The number of rotatable bonds is 5. The summed E-state index contributed by atoms with van der Waals surface area (Å²) in [6.45, 7) is 3.21. The third-order valence-corrected chi connectivity index (χ3v) is 3.34. The van der Waals surface area contributed by atoms with Crippen molar-refractivity contribution in [1.29, 1.82) is 0 Å². The SMILES string of the molecule is CCc1nnsc1C(=O)NC(CC)C(O)C(F)(F)F. The van der Waals surface area contributed by atoms with Crippen LogP contribution in [0.1, 0.15) is 35.6 Å². The molecule has 2 unspecified atom stereocenters. The number of aliphatic hydroxyl groups excluding tert-OH is 1. The van der Waals surface area contributed by atoms with Crippen LogP contribution in [-0.2, 0) is 6.42 Å². The minimum atomic E-state index is -4.77. The van der Waals surface area contributed by atoms with Gasteiger partial charge >= 0.3 is 6.18 Å². The van der Waals surface area contributed by atoms with Gasteiger partial charge in [-0.15, -0.1) is 5.10 Å². The summed E-state index contributed by atoms with van der Waals surface area (Å²) in [4.78, 5) is 12.0. The third-order valence-electron chi connectivity index (χ3n) is 2.57. The average molecular weight is 297 g/mol. The predicted octanol–water partition coefficient (Wildman–Crippen LogP) is 1.53. The van der Waals surface area contributed by atoms with Crippen molar-refractivity contribution in [3.8, 4) is 0 Å². The number of aromatic nitrogens is 2. The zero-order chi connectivity index (χ0) is 14.6. The molecule has 0 aliphatic rings. The van der Waals surface area contributed by atoms with Crippen molar-refractivity contribution in [2.45, 2.75) is 45.0 Å². The van der Waals surface area contributed by atoms with Crippen molar-refractivity contribution in [2.75, 3.05) is 0 Å². The highest BCUT2D eigenvalue weighted by Gasteiger charge is 2.43. The van der Waals surface area contributed by atoms with Crippen LogP contribution in [0.25, 0.3) is 0 Å². The van der Waals surface area contributed by atoms with Gasteiger partial charge in [-0.05, 0) is 24.4 Å². The van der Waals surface area contributed by atoms with Gasteiger partial charge in [0.05, 0.1) is 11.7 Å². The average Bonchev–Trinajstić information content (AvgIpc) is 2.81. The fourth-order valence-electron chi connectivity index (χ4n) is 1.48. The summed E-state index contributed by atoms with van der Waals surface area (Å²) in [7, 11) is 0. The molecular weight excluding hydrogens is 283 g/mol. The zero-order valence-electron chi connectivity index (χ0n) is 10.4. The Morgan fingerprint density at radius 3 is 2.58 bits per heavy atom. The number of alkyl halides is 3. The molecule has 0 fully saturated rings. The van der Waals surface area contributed by atoms with Crippen LogP contribution >= 0.6 is 11.5 Å². The molecule has 0 saturated carbocycles. The summed E-state index contributed by atoms with van der Waals surface area (Å²) in [6, 6.07) is -1.39. The summed E-state index contributed by atoms with van der Waals surface area (Å²) in [5, 5.41) is 15.0. The van der Waals surface area contributed by atoms with E-state index in [4.69, 9.17) is 5.11 Å². The van der Waals surface area contributed by atoms with Gasteiger partial charge in [0.2, 0.25) is 0 Å². The van der Waals surface area contributed by atoms with E-state index in [2.05, 4.69) is 14.9 Å². The van der Waals surface area contributed by atoms with Crippen LogP contribution in [0.15, 0.2) is 0 Å². The lowest BCUT2D eigenvalue weighted by molar-refractivity contribution is -0.211. The molecule has 1 rings (SSSR count). The molecular formula is C10H14F3N3O2S. The highest BCUT2D eigenvalue weighted by molar-refractivity contribution is 7.08. The van der Waals surface area contributed by atoms with E-state index < -0.39 is 24.2 Å². The Bertz CT molecular complexity index is 436. The molecule has 1 heterocycles. The fourth-order valence-corrected chi connectivity index (χ4v) is 2.13. The molecule has 0 saturated heterocycles. The molecule has 9 heteroatoms. The molecule has 0 spiro atoms. The fraction of sp³-hybridized carbons (Fsp3) is 0.700. The topological polar surface area (TPSA) is 75.1 Å². The van der Waals surface area contributed by atoms with Gasteiger partial charge in [0, 0.05) is 0 Å². The lowest BCUT2D eigenvalue weighted by Gasteiger charge is -2.24. The van der Waals surface area contributed by atoms with Gasteiger partial charge < -0.3 is 10.4 Å². The number of hydrogen-bond donors (Lipinski definition) is 2. The molecule has 0 aromatic carbocycles. The third kappa shape index (κ3) is 3.87. The lowest BCUT2D eigenvalue weighted by Crippen LogP contribution is -2.49. The quantitative estimate of drug-likeness (QED) is 0.864. The number of aryl methyl sites for hydroxylation is 1. The van der Waals surface area contributed by atoms with E-state index in [0.717, 1.165) is 11.5 Å². The van der Waals surface area contributed by atoms with E-state index in [1.54, 1.807) is 6.92 Å². The van der Waals surface area contributed by atoms with Crippen LogP contribution < -0.4 is 5.32 Å². The van der Waals surface area contributed by atoms with E-state index in [0.29, 0.717) is 12.1 Å². The van der Waals surface area contributed by atoms with Crippen LogP contribution in [0.4, 0.5) is 13.2 Å². The minimum absolute atomic E-state index is 0.0416. The molecule has 1 aromatic rings. The molecule has 0 aliphatic heterocycles. The van der Waals surface area contributed by atoms with Gasteiger partial charge in [0.15, 0.2) is 6.10 Å². The first-order valence-electron chi connectivity index (χ1n) is 5.68. The highest BCUT2D eigenvalue weighted by Crippen LogP contribution is 2.24. The molecule has 19 heavy (non-hydrogen) atoms. The first kappa shape index (κ1) is 15.8. The number of carbonyl (C=O) groups excluding carboxylic acids is 1. The molecule has 2 atom stereocenters. The Labute approximate surface area is 112 Å². The number of nitrogens with one attached hydrogen (secondary N) is 1. The first-order valence-corrected chi connectivity index (χ1v) is 6.45. The van der Waals surface area contributed by atoms with Gasteiger partial charge in [-0.1, -0.05) is 18.3 Å². The van der Waals surface area contributed by atoms with Crippen LogP contribution in [0, 0.1) is 0 Å². The smallest absolute Gasteiger partial charge is 0.382 e. The van der Waals surface area contributed by atoms with Gasteiger partial charge in [0.25, 0.3) is 5.91 Å². The molecule has 108 valence electrons. The Morgan fingerprint density at radius 2 is 2.11 bits per heavy atom. The predicted molar refractivity (Wildman–Crippen MR) is 62.9 cm³/mol. The largest absolute Gasteiger partial charge is 0.416 e. The van der Waals surface area contributed by atoms with Crippen molar-refractivity contribution >= 4 is 17.4 Å². The maximum absolute atomic E-state index is 12.4. The van der Waals surface area contributed by atoms with Gasteiger partial charge in [-0.25, -0.2) is 0 Å². The van der Waals surface area contributed by atoms with Gasteiger partial charge in [-0.2, -0.15) is 13.2 Å². The molecule has 1 aromatic heterocycles. The summed E-state index contributed by atoms with van der Waals surface area (Å²) >= 11 is 0.818. The normalized spacial score (nSPS) is 15.1. The first-order chi connectivity index (χ1) is 8.81. The molecule has 0 aliphatic carbocycles. The summed E-state index contributed by atoms with van der Waals surface area (Å²) in [6.07, 6.45) is -6.95. The van der Waals surface area contributed by atoms with Crippen molar-refractivity contribution in [1.82, 2.24) is 14.9 Å². The van der Waals surface area contributed by atoms with Crippen LogP contribution in [-0.4, -0.2) is 38.9 Å². The van der Waals surface area contributed by atoms with E-state index in [9.17, 15) is 18.0 Å². The van der Waals surface area contributed by atoms with Gasteiger partial charge in [0.1, 0.15) is 4.88 Å². The molecule has 2 N–H and O–H groups in total. The standard InChI is InChI=1S/C10H14F3N3O2S/c1-3-5-7(19-16-15-5)9(18)14-6(4-2)8(17)10(11,12)13/h6,8,17H,3-4H2,1-2H3,(H,14,18). The van der Waals surface area contributed by atoms with Crippen molar-refractivity contribution < 1.29 is 23.1 Å². The Hall–Kier alpha value is -1.22. The molecule has 0 radical (unpaired) electrons.